The highest BCUT2D eigenvalue weighted by Crippen LogP contribution is 2.20. The number of aryl methyl sites for hydroxylation is 1. The summed E-state index contributed by atoms with van der Waals surface area (Å²) in [5, 5.41) is 3.90. The number of hydrogen-bond donors (Lipinski definition) is 0. The molecule has 1 aromatic heterocycles. The smallest absolute Gasteiger partial charge is 0.306 e. The Balaban J connectivity index is 1.38. The first-order valence-corrected chi connectivity index (χ1v) is 8.96. The number of carbonyl (C=O) groups is 1. The Morgan fingerprint density at radius 1 is 1.04 bits per heavy atom. The molecule has 0 aliphatic heterocycles. The monoisotopic (exact) mass is 382 g/mol. The molecule has 3 rings (SSSR count). The molecule has 0 spiro atoms. The van der Waals surface area contributed by atoms with Gasteiger partial charge in [-0.2, -0.15) is 4.98 Å². The van der Waals surface area contributed by atoms with E-state index in [0.717, 1.165) is 17.1 Å². The second kappa shape index (κ2) is 9.55. The van der Waals surface area contributed by atoms with Gasteiger partial charge in [-0.05, 0) is 49.7 Å². The second-order valence-electron chi connectivity index (χ2n) is 6.17. The number of ether oxygens (including phenoxy) is 3. The van der Waals surface area contributed by atoms with Gasteiger partial charge in [0, 0.05) is 12.0 Å². The summed E-state index contributed by atoms with van der Waals surface area (Å²) in [5.74, 6) is 1.87. The third-order valence-electron chi connectivity index (χ3n) is 3.99. The number of nitrogens with zero attached hydrogens (tertiary/aromatic N) is 2. The fourth-order valence-electron chi connectivity index (χ4n) is 2.43. The average molecular weight is 382 g/mol. The highest BCUT2D eigenvalue weighted by Gasteiger charge is 2.11. The zero-order valence-electron chi connectivity index (χ0n) is 15.9. The summed E-state index contributed by atoms with van der Waals surface area (Å²) in [4.78, 5) is 16.1. The quantitative estimate of drug-likeness (QED) is 0.409. The number of carbonyl (C=O) groups excluding carboxylic acids is 1. The van der Waals surface area contributed by atoms with Gasteiger partial charge in [-0.15, -0.1) is 0 Å². The molecule has 2 aromatic carbocycles. The SMILES string of the molecule is COc1ccc(-c2noc(COC(=O)CCCOc3ccc(C)cc3)n2)cc1. The molecule has 3 aromatic rings. The van der Waals surface area contributed by atoms with Gasteiger partial charge in [0.2, 0.25) is 5.82 Å². The molecule has 0 atom stereocenters. The van der Waals surface area contributed by atoms with Crippen molar-refractivity contribution < 1.29 is 23.5 Å². The van der Waals surface area contributed by atoms with Gasteiger partial charge in [-0.3, -0.25) is 4.79 Å². The maximum atomic E-state index is 11.8. The molecule has 0 aliphatic rings. The lowest BCUT2D eigenvalue weighted by Crippen LogP contribution is -2.07. The molecule has 0 N–H and O–H groups in total. The van der Waals surface area contributed by atoms with Crippen LogP contribution in [0.2, 0.25) is 0 Å². The van der Waals surface area contributed by atoms with Crippen molar-refractivity contribution in [1.82, 2.24) is 10.1 Å². The lowest BCUT2D eigenvalue weighted by atomic mass is 10.2. The van der Waals surface area contributed by atoms with Crippen LogP contribution in [-0.4, -0.2) is 29.8 Å². The predicted molar refractivity (Wildman–Crippen MR) is 102 cm³/mol. The minimum Gasteiger partial charge on any atom is -0.497 e. The van der Waals surface area contributed by atoms with Gasteiger partial charge in [0.25, 0.3) is 5.89 Å². The number of benzene rings is 2. The van der Waals surface area contributed by atoms with E-state index in [-0.39, 0.29) is 24.9 Å². The van der Waals surface area contributed by atoms with Crippen LogP contribution in [0, 0.1) is 6.92 Å². The lowest BCUT2D eigenvalue weighted by Gasteiger charge is -2.06. The van der Waals surface area contributed by atoms with E-state index in [1.807, 2.05) is 55.5 Å². The van der Waals surface area contributed by atoms with E-state index in [1.54, 1.807) is 7.11 Å². The zero-order chi connectivity index (χ0) is 19.8. The molecule has 0 amide bonds. The van der Waals surface area contributed by atoms with Crippen molar-refractivity contribution in [1.29, 1.82) is 0 Å². The highest BCUT2D eigenvalue weighted by molar-refractivity contribution is 5.69. The van der Waals surface area contributed by atoms with Gasteiger partial charge < -0.3 is 18.7 Å². The van der Waals surface area contributed by atoms with E-state index in [0.29, 0.717) is 18.9 Å². The topological polar surface area (TPSA) is 83.7 Å². The van der Waals surface area contributed by atoms with Gasteiger partial charge >= 0.3 is 5.97 Å². The van der Waals surface area contributed by atoms with E-state index in [9.17, 15) is 4.79 Å². The van der Waals surface area contributed by atoms with Crippen LogP contribution < -0.4 is 9.47 Å². The van der Waals surface area contributed by atoms with Crippen molar-refractivity contribution in [3.8, 4) is 22.9 Å². The van der Waals surface area contributed by atoms with Gasteiger partial charge in [-0.1, -0.05) is 22.9 Å². The molecule has 0 fully saturated rings. The van der Waals surface area contributed by atoms with Crippen LogP contribution in [0.25, 0.3) is 11.4 Å². The Morgan fingerprint density at radius 3 is 2.46 bits per heavy atom. The van der Waals surface area contributed by atoms with E-state index in [2.05, 4.69) is 10.1 Å². The van der Waals surface area contributed by atoms with Crippen LogP contribution in [0.5, 0.6) is 11.5 Å². The van der Waals surface area contributed by atoms with Crippen LogP contribution in [0.1, 0.15) is 24.3 Å². The molecule has 0 unspecified atom stereocenters. The Hall–Kier alpha value is -3.35. The van der Waals surface area contributed by atoms with Crippen LogP contribution in [0.4, 0.5) is 0 Å². The molecular formula is C21H22N2O5. The van der Waals surface area contributed by atoms with Gasteiger partial charge in [0.1, 0.15) is 11.5 Å². The first-order chi connectivity index (χ1) is 13.6. The minimum absolute atomic E-state index is 0.0548. The largest absolute Gasteiger partial charge is 0.497 e. The second-order valence-corrected chi connectivity index (χ2v) is 6.17. The fourth-order valence-corrected chi connectivity index (χ4v) is 2.43. The molecule has 0 bridgehead atoms. The highest BCUT2D eigenvalue weighted by atomic mass is 16.6. The van der Waals surface area contributed by atoms with E-state index >= 15 is 0 Å². The Bertz CT molecular complexity index is 888. The van der Waals surface area contributed by atoms with Crippen LogP contribution in [0.3, 0.4) is 0 Å². The predicted octanol–water partition coefficient (Wildman–Crippen LogP) is 3.96. The molecule has 7 heteroatoms. The molecule has 146 valence electrons. The first-order valence-electron chi connectivity index (χ1n) is 8.96. The maximum Gasteiger partial charge on any atom is 0.306 e. The number of rotatable bonds is 9. The first kappa shape index (κ1) is 19.4. The maximum absolute atomic E-state index is 11.8. The summed E-state index contributed by atoms with van der Waals surface area (Å²) >= 11 is 0. The zero-order valence-corrected chi connectivity index (χ0v) is 15.9. The van der Waals surface area contributed by atoms with Crippen LogP contribution in [0.15, 0.2) is 53.1 Å². The summed E-state index contributed by atoms with van der Waals surface area (Å²) < 4.78 is 21.0. The van der Waals surface area contributed by atoms with E-state index < -0.39 is 0 Å². The Labute approximate surface area is 163 Å². The van der Waals surface area contributed by atoms with Crippen molar-refractivity contribution in [2.75, 3.05) is 13.7 Å². The van der Waals surface area contributed by atoms with Gasteiger partial charge in [-0.25, -0.2) is 0 Å². The Morgan fingerprint density at radius 2 is 1.75 bits per heavy atom. The van der Waals surface area contributed by atoms with Crippen molar-refractivity contribution in [3.63, 3.8) is 0 Å². The molecule has 7 nitrogen and oxygen atoms in total. The molecule has 28 heavy (non-hydrogen) atoms. The molecule has 0 radical (unpaired) electrons. The average Bonchev–Trinajstić information content (AvgIpc) is 3.20. The van der Waals surface area contributed by atoms with Crippen molar-refractivity contribution >= 4 is 5.97 Å². The lowest BCUT2D eigenvalue weighted by molar-refractivity contribution is -0.146. The fraction of sp³-hybridized carbons (Fsp3) is 0.286. The number of aromatic nitrogens is 2. The van der Waals surface area contributed by atoms with E-state index in [1.165, 1.54) is 5.56 Å². The van der Waals surface area contributed by atoms with Crippen LogP contribution >= 0.6 is 0 Å². The van der Waals surface area contributed by atoms with Gasteiger partial charge in [0.15, 0.2) is 6.61 Å². The summed E-state index contributed by atoms with van der Waals surface area (Å²) in [6, 6.07) is 15.0. The normalized spacial score (nSPS) is 10.5. The number of esters is 1. The summed E-state index contributed by atoms with van der Waals surface area (Å²) in [6.07, 6.45) is 0.818. The minimum atomic E-state index is -0.336. The van der Waals surface area contributed by atoms with Crippen molar-refractivity contribution in [2.45, 2.75) is 26.4 Å². The molecule has 1 heterocycles. The number of hydrogen-bond acceptors (Lipinski definition) is 7. The Kier molecular flexibility index (Phi) is 6.62. The molecule has 0 aliphatic carbocycles. The molecule has 0 saturated heterocycles. The van der Waals surface area contributed by atoms with Gasteiger partial charge in [0.05, 0.1) is 13.7 Å². The summed E-state index contributed by atoms with van der Waals surface area (Å²) in [6.45, 7) is 2.41. The summed E-state index contributed by atoms with van der Waals surface area (Å²) in [5.41, 5.74) is 1.96. The van der Waals surface area contributed by atoms with E-state index in [4.69, 9.17) is 18.7 Å². The van der Waals surface area contributed by atoms with Crippen molar-refractivity contribution in [3.05, 3.63) is 60.0 Å². The van der Waals surface area contributed by atoms with Crippen LogP contribution in [-0.2, 0) is 16.1 Å². The number of methoxy groups -OCH3 is 1. The standard InChI is InChI=1S/C21H22N2O5/c1-15-5-9-18(10-6-15)26-13-3-4-20(24)27-14-19-22-21(23-28-19)16-7-11-17(25-2)12-8-16/h5-12H,3-4,13-14H2,1-2H3. The van der Waals surface area contributed by atoms with Crippen molar-refractivity contribution in [2.24, 2.45) is 0 Å². The third-order valence-corrected chi connectivity index (χ3v) is 3.99. The molecule has 0 saturated carbocycles. The third kappa shape index (κ3) is 5.57. The molecular weight excluding hydrogens is 360 g/mol. The summed E-state index contributed by atoms with van der Waals surface area (Å²) in [7, 11) is 1.60.